The van der Waals surface area contributed by atoms with E-state index in [0.717, 1.165) is 19.3 Å². The van der Waals surface area contributed by atoms with Gasteiger partial charge in [0.25, 0.3) is 0 Å². The molecule has 1 N–H and O–H groups in total. The molecule has 72 valence electrons. The van der Waals surface area contributed by atoms with Gasteiger partial charge in [-0.1, -0.05) is 19.8 Å². The predicted molar refractivity (Wildman–Crippen MR) is 52.9 cm³/mol. The van der Waals surface area contributed by atoms with Crippen LogP contribution < -0.4 is 5.32 Å². The smallest absolute Gasteiger partial charge is 0.224 e. The average Bonchev–Trinajstić information content (AvgIpc) is 2.08. The highest BCUT2D eigenvalue weighted by atomic mass is 16.2. The first-order valence-electron chi connectivity index (χ1n) is 4.93. The lowest BCUT2D eigenvalue weighted by atomic mass is 9.75. The van der Waals surface area contributed by atoms with Gasteiger partial charge in [-0.25, -0.2) is 0 Å². The third-order valence-corrected chi connectivity index (χ3v) is 2.67. The molecule has 0 aromatic heterocycles. The van der Waals surface area contributed by atoms with Gasteiger partial charge in [0.2, 0.25) is 5.91 Å². The molecule has 1 saturated carbocycles. The Balaban J connectivity index is 2.29. The normalized spacial score (nSPS) is 28.4. The van der Waals surface area contributed by atoms with Crippen LogP contribution in [0.5, 0.6) is 0 Å². The largest absolute Gasteiger partial charge is 0.342 e. The Morgan fingerprint density at radius 1 is 1.69 bits per heavy atom. The minimum atomic E-state index is -0.0802. The van der Waals surface area contributed by atoms with Gasteiger partial charge >= 0.3 is 0 Å². The highest BCUT2D eigenvalue weighted by molar-refractivity contribution is 5.80. The second-order valence-corrected chi connectivity index (χ2v) is 3.91. The van der Waals surface area contributed by atoms with Gasteiger partial charge in [-0.05, 0) is 25.2 Å². The standard InChI is InChI=1S/C11H17NO/c1-4-10(5-2)12-11(13)9-6-8(3)7-9/h1,8-10H,5-7H2,2-3H3,(H,12,13). The number of hydrogen-bond acceptors (Lipinski definition) is 1. The maximum absolute atomic E-state index is 11.5. The molecule has 1 amide bonds. The Morgan fingerprint density at radius 2 is 2.31 bits per heavy atom. The Hall–Kier alpha value is -0.970. The van der Waals surface area contributed by atoms with Gasteiger partial charge in [0.05, 0.1) is 6.04 Å². The van der Waals surface area contributed by atoms with E-state index in [1.807, 2.05) is 6.92 Å². The summed E-state index contributed by atoms with van der Waals surface area (Å²) in [7, 11) is 0. The molecular weight excluding hydrogens is 162 g/mol. The Bertz CT molecular complexity index is 223. The highest BCUT2D eigenvalue weighted by Crippen LogP contribution is 2.32. The molecule has 0 bridgehead atoms. The summed E-state index contributed by atoms with van der Waals surface area (Å²) in [6.07, 6.45) is 8.11. The maximum Gasteiger partial charge on any atom is 0.224 e. The van der Waals surface area contributed by atoms with E-state index >= 15 is 0 Å². The zero-order valence-corrected chi connectivity index (χ0v) is 8.34. The molecular formula is C11H17NO. The van der Waals surface area contributed by atoms with Crippen molar-refractivity contribution in [2.75, 3.05) is 0 Å². The first kappa shape index (κ1) is 10.1. The molecule has 0 aromatic rings. The predicted octanol–water partition coefficient (Wildman–Crippen LogP) is 1.56. The Kier molecular flexibility index (Phi) is 3.36. The molecule has 2 nitrogen and oxygen atoms in total. The summed E-state index contributed by atoms with van der Waals surface area (Å²) in [5, 5.41) is 2.86. The molecule has 1 fully saturated rings. The fourth-order valence-electron chi connectivity index (χ4n) is 1.67. The number of terminal acetylenes is 1. The van der Waals surface area contributed by atoms with Crippen molar-refractivity contribution in [3.63, 3.8) is 0 Å². The third kappa shape index (κ3) is 2.48. The Labute approximate surface area is 80.1 Å². The molecule has 0 heterocycles. The summed E-state index contributed by atoms with van der Waals surface area (Å²) < 4.78 is 0. The second-order valence-electron chi connectivity index (χ2n) is 3.91. The average molecular weight is 179 g/mol. The number of nitrogens with one attached hydrogen (secondary N) is 1. The van der Waals surface area contributed by atoms with E-state index in [2.05, 4.69) is 18.2 Å². The van der Waals surface area contributed by atoms with Crippen LogP contribution in [0.4, 0.5) is 0 Å². The van der Waals surface area contributed by atoms with E-state index in [4.69, 9.17) is 6.42 Å². The summed E-state index contributed by atoms with van der Waals surface area (Å²) in [6.45, 7) is 4.15. The number of carbonyl (C=O) groups excluding carboxylic acids is 1. The molecule has 1 rings (SSSR count). The van der Waals surface area contributed by atoms with Gasteiger partial charge in [-0.3, -0.25) is 4.79 Å². The third-order valence-electron chi connectivity index (χ3n) is 2.67. The van der Waals surface area contributed by atoms with Crippen LogP contribution in [0.15, 0.2) is 0 Å². The van der Waals surface area contributed by atoms with Crippen molar-refractivity contribution in [3.8, 4) is 12.3 Å². The monoisotopic (exact) mass is 179 g/mol. The summed E-state index contributed by atoms with van der Waals surface area (Å²) in [6, 6.07) is -0.0802. The van der Waals surface area contributed by atoms with Crippen molar-refractivity contribution in [2.24, 2.45) is 11.8 Å². The highest BCUT2D eigenvalue weighted by Gasteiger charge is 2.31. The molecule has 0 aliphatic heterocycles. The molecule has 1 aliphatic carbocycles. The molecule has 1 unspecified atom stereocenters. The lowest BCUT2D eigenvalue weighted by Crippen LogP contribution is -2.42. The van der Waals surface area contributed by atoms with E-state index in [1.54, 1.807) is 0 Å². The van der Waals surface area contributed by atoms with Crippen molar-refractivity contribution in [1.29, 1.82) is 0 Å². The molecule has 2 heteroatoms. The Morgan fingerprint density at radius 3 is 2.69 bits per heavy atom. The van der Waals surface area contributed by atoms with Crippen LogP contribution in [-0.2, 0) is 4.79 Å². The van der Waals surface area contributed by atoms with E-state index in [1.165, 1.54) is 0 Å². The van der Waals surface area contributed by atoms with Crippen LogP contribution in [0, 0.1) is 24.2 Å². The van der Waals surface area contributed by atoms with Crippen LogP contribution in [0.3, 0.4) is 0 Å². The summed E-state index contributed by atoms with van der Waals surface area (Å²) in [5.74, 6) is 3.64. The summed E-state index contributed by atoms with van der Waals surface area (Å²) in [5.41, 5.74) is 0. The molecule has 13 heavy (non-hydrogen) atoms. The van der Waals surface area contributed by atoms with E-state index in [0.29, 0.717) is 5.92 Å². The van der Waals surface area contributed by atoms with Gasteiger partial charge in [0.1, 0.15) is 0 Å². The minimum absolute atomic E-state index is 0.0802. The van der Waals surface area contributed by atoms with Crippen molar-refractivity contribution in [3.05, 3.63) is 0 Å². The quantitative estimate of drug-likeness (QED) is 0.654. The first-order chi connectivity index (χ1) is 6.17. The SMILES string of the molecule is C#CC(CC)NC(=O)C1CC(C)C1. The van der Waals surface area contributed by atoms with E-state index < -0.39 is 0 Å². The molecule has 0 spiro atoms. The fourth-order valence-corrected chi connectivity index (χ4v) is 1.67. The second kappa shape index (κ2) is 4.32. The van der Waals surface area contributed by atoms with Crippen molar-refractivity contribution in [2.45, 2.75) is 39.2 Å². The van der Waals surface area contributed by atoms with Gasteiger partial charge in [0, 0.05) is 5.92 Å². The van der Waals surface area contributed by atoms with Gasteiger partial charge in [0.15, 0.2) is 0 Å². The first-order valence-corrected chi connectivity index (χ1v) is 4.93. The zero-order chi connectivity index (χ0) is 9.84. The summed E-state index contributed by atoms with van der Waals surface area (Å²) in [4.78, 5) is 11.5. The van der Waals surface area contributed by atoms with Crippen molar-refractivity contribution >= 4 is 5.91 Å². The maximum atomic E-state index is 11.5. The van der Waals surface area contributed by atoms with Gasteiger partial charge < -0.3 is 5.32 Å². The summed E-state index contributed by atoms with van der Waals surface area (Å²) >= 11 is 0. The minimum Gasteiger partial charge on any atom is -0.342 e. The fraction of sp³-hybridized carbons (Fsp3) is 0.727. The molecule has 0 saturated heterocycles. The number of carbonyl (C=O) groups is 1. The lowest BCUT2D eigenvalue weighted by Gasteiger charge is -2.32. The van der Waals surface area contributed by atoms with Crippen LogP contribution in [-0.4, -0.2) is 11.9 Å². The van der Waals surface area contributed by atoms with Gasteiger partial charge in [-0.15, -0.1) is 6.42 Å². The number of rotatable bonds is 3. The zero-order valence-electron chi connectivity index (χ0n) is 8.34. The lowest BCUT2D eigenvalue weighted by molar-refractivity contribution is -0.129. The van der Waals surface area contributed by atoms with Crippen LogP contribution in [0.1, 0.15) is 33.1 Å². The molecule has 1 aliphatic rings. The van der Waals surface area contributed by atoms with Crippen LogP contribution >= 0.6 is 0 Å². The van der Waals surface area contributed by atoms with Crippen LogP contribution in [0.2, 0.25) is 0 Å². The van der Waals surface area contributed by atoms with Crippen molar-refractivity contribution in [1.82, 2.24) is 5.32 Å². The van der Waals surface area contributed by atoms with Crippen LogP contribution in [0.25, 0.3) is 0 Å². The van der Waals surface area contributed by atoms with E-state index in [9.17, 15) is 4.79 Å². The topological polar surface area (TPSA) is 29.1 Å². The van der Waals surface area contributed by atoms with Crippen molar-refractivity contribution < 1.29 is 4.79 Å². The van der Waals surface area contributed by atoms with E-state index in [-0.39, 0.29) is 17.9 Å². The molecule has 0 radical (unpaired) electrons. The number of amides is 1. The number of hydrogen-bond donors (Lipinski definition) is 1. The molecule has 1 atom stereocenters. The van der Waals surface area contributed by atoms with Gasteiger partial charge in [-0.2, -0.15) is 0 Å². The molecule has 0 aromatic carbocycles.